The van der Waals surface area contributed by atoms with Gasteiger partial charge in [0.15, 0.2) is 0 Å². The monoisotopic (exact) mass is 253 g/mol. The first-order valence-corrected chi connectivity index (χ1v) is 6.20. The van der Waals surface area contributed by atoms with Gasteiger partial charge in [-0.25, -0.2) is 9.79 Å². The van der Waals surface area contributed by atoms with E-state index in [0.717, 1.165) is 12.1 Å². The van der Waals surface area contributed by atoms with Gasteiger partial charge >= 0.3 is 5.97 Å². The van der Waals surface area contributed by atoms with Crippen LogP contribution in [0.5, 0.6) is 0 Å². The summed E-state index contributed by atoms with van der Waals surface area (Å²) in [5, 5.41) is 6.00. The molecule has 0 atom stereocenters. The lowest BCUT2D eigenvalue weighted by atomic mass is 10.3. The standard InChI is InChI=1S/C13H23N3O2/c1-5-9-11(6-2)15-10-16-12(14-7-3)13(17)18-8-4/h5,9,15H,1,6-8,10H2,2-4H3,(H,14,16)/b11-9+. The third kappa shape index (κ3) is 6.73. The largest absolute Gasteiger partial charge is 0.460 e. The Balaban J connectivity index is 4.44. The average molecular weight is 253 g/mol. The highest BCUT2D eigenvalue weighted by atomic mass is 16.5. The van der Waals surface area contributed by atoms with Crippen molar-refractivity contribution in [3.63, 3.8) is 0 Å². The summed E-state index contributed by atoms with van der Waals surface area (Å²) in [6.45, 7) is 10.6. The van der Waals surface area contributed by atoms with Crippen molar-refractivity contribution in [3.05, 3.63) is 24.4 Å². The molecule has 0 spiro atoms. The van der Waals surface area contributed by atoms with Gasteiger partial charge in [-0.2, -0.15) is 0 Å². The van der Waals surface area contributed by atoms with E-state index in [0.29, 0.717) is 19.8 Å². The molecule has 0 aliphatic heterocycles. The molecule has 5 nitrogen and oxygen atoms in total. The van der Waals surface area contributed by atoms with Gasteiger partial charge in [0.05, 0.1) is 6.61 Å². The van der Waals surface area contributed by atoms with E-state index in [-0.39, 0.29) is 5.84 Å². The van der Waals surface area contributed by atoms with Crippen molar-refractivity contribution in [2.24, 2.45) is 4.99 Å². The van der Waals surface area contributed by atoms with Crippen molar-refractivity contribution in [2.75, 3.05) is 19.8 Å². The lowest BCUT2D eigenvalue weighted by Gasteiger charge is -2.09. The Morgan fingerprint density at radius 2 is 2.06 bits per heavy atom. The smallest absolute Gasteiger partial charge is 0.373 e. The van der Waals surface area contributed by atoms with Crippen molar-refractivity contribution >= 4 is 11.8 Å². The first-order chi connectivity index (χ1) is 8.69. The molecule has 0 aromatic heterocycles. The van der Waals surface area contributed by atoms with Crippen LogP contribution in [0.4, 0.5) is 0 Å². The molecular weight excluding hydrogens is 230 g/mol. The molecule has 0 rings (SSSR count). The number of nitrogens with one attached hydrogen (secondary N) is 2. The minimum Gasteiger partial charge on any atom is -0.460 e. The number of allylic oxidation sites excluding steroid dienone is 3. The van der Waals surface area contributed by atoms with E-state index < -0.39 is 5.97 Å². The van der Waals surface area contributed by atoms with Crippen LogP contribution in [0, 0.1) is 0 Å². The summed E-state index contributed by atoms with van der Waals surface area (Å²) < 4.78 is 4.90. The van der Waals surface area contributed by atoms with Gasteiger partial charge in [-0.1, -0.05) is 19.6 Å². The number of rotatable bonds is 7. The van der Waals surface area contributed by atoms with E-state index in [9.17, 15) is 4.79 Å². The highest BCUT2D eigenvalue weighted by Gasteiger charge is 2.10. The van der Waals surface area contributed by atoms with Gasteiger partial charge in [0.25, 0.3) is 0 Å². The van der Waals surface area contributed by atoms with E-state index in [4.69, 9.17) is 4.74 Å². The van der Waals surface area contributed by atoms with Gasteiger partial charge in [0, 0.05) is 12.2 Å². The van der Waals surface area contributed by atoms with Crippen LogP contribution in [-0.2, 0) is 9.53 Å². The summed E-state index contributed by atoms with van der Waals surface area (Å²) in [5.41, 5.74) is 1.02. The molecule has 5 heteroatoms. The topological polar surface area (TPSA) is 62.7 Å². The first-order valence-electron chi connectivity index (χ1n) is 6.20. The minimum absolute atomic E-state index is 0.251. The fourth-order valence-corrected chi connectivity index (χ4v) is 1.22. The number of hydrogen-bond acceptors (Lipinski definition) is 4. The number of likely N-dealkylation sites (N-methyl/N-ethyl adjacent to an activating group) is 1. The highest BCUT2D eigenvalue weighted by molar-refractivity contribution is 6.35. The third-order valence-corrected chi connectivity index (χ3v) is 2.06. The van der Waals surface area contributed by atoms with Crippen molar-refractivity contribution in [1.29, 1.82) is 0 Å². The molecule has 0 heterocycles. The zero-order valence-electron chi connectivity index (χ0n) is 11.5. The van der Waals surface area contributed by atoms with Crippen LogP contribution >= 0.6 is 0 Å². The fraction of sp³-hybridized carbons (Fsp3) is 0.538. The summed E-state index contributed by atoms with van der Waals surface area (Å²) in [6.07, 6.45) is 4.45. The molecule has 0 unspecified atom stereocenters. The summed E-state index contributed by atoms with van der Waals surface area (Å²) in [5.74, 6) is -0.173. The Kier molecular flexibility index (Phi) is 9.35. The van der Waals surface area contributed by atoms with Crippen molar-refractivity contribution in [1.82, 2.24) is 10.6 Å². The second kappa shape index (κ2) is 10.4. The number of amidine groups is 1. The normalized spacial score (nSPS) is 11.9. The number of aliphatic imine (C=N–C) groups is 1. The van der Waals surface area contributed by atoms with Crippen LogP contribution in [0.1, 0.15) is 27.2 Å². The second-order valence-corrected chi connectivity index (χ2v) is 3.37. The maximum absolute atomic E-state index is 11.5. The van der Waals surface area contributed by atoms with Gasteiger partial charge in [-0.3, -0.25) is 0 Å². The number of carbonyl (C=O) groups excluding carboxylic acids is 1. The van der Waals surface area contributed by atoms with Crippen molar-refractivity contribution < 1.29 is 9.53 Å². The molecule has 0 amide bonds. The fourth-order valence-electron chi connectivity index (χ4n) is 1.22. The molecule has 102 valence electrons. The zero-order valence-corrected chi connectivity index (χ0v) is 11.5. The Morgan fingerprint density at radius 1 is 1.33 bits per heavy atom. The maximum atomic E-state index is 11.5. The van der Waals surface area contributed by atoms with E-state index in [2.05, 4.69) is 22.2 Å². The number of ether oxygens (including phenoxy) is 1. The Bertz CT molecular complexity index is 322. The molecule has 0 aromatic carbocycles. The Morgan fingerprint density at radius 3 is 2.56 bits per heavy atom. The molecule has 0 bridgehead atoms. The van der Waals surface area contributed by atoms with Gasteiger partial charge < -0.3 is 15.4 Å². The van der Waals surface area contributed by atoms with E-state index in [1.807, 2.05) is 19.9 Å². The van der Waals surface area contributed by atoms with Crippen LogP contribution in [0.25, 0.3) is 0 Å². The van der Waals surface area contributed by atoms with E-state index in [1.54, 1.807) is 13.0 Å². The first kappa shape index (κ1) is 16.2. The number of hydrogen-bond donors (Lipinski definition) is 2. The van der Waals surface area contributed by atoms with Crippen LogP contribution in [0.2, 0.25) is 0 Å². The molecule has 0 fully saturated rings. The molecule has 2 N–H and O–H groups in total. The van der Waals surface area contributed by atoms with E-state index >= 15 is 0 Å². The van der Waals surface area contributed by atoms with Crippen molar-refractivity contribution in [3.8, 4) is 0 Å². The molecule has 0 aliphatic carbocycles. The quantitative estimate of drug-likeness (QED) is 0.313. The number of esters is 1. The number of nitrogens with zero attached hydrogens (tertiary/aromatic N) is 1. The maximum Gasteiger partial charge on any atom is 0.373 e. The molecule has 18 heavy (non-hydrogen) atoms. The van der Waals surface area contributed by atoms with Gasteiger partial charge in [0.2, 0.25) is 5.84 Å². The van der Waals surface area contributed by atoms with Crippen LogP contribution < -0.4 is 10.6 Å². The zero-order chi connectivity index (χ0) is 13.8. The van der Waals surface area contributed by atoms with E-state index in [1.165, 1.54) is 0 Å². The molecule has 0 aromatic rings. The summed E-state index contributed by atoms with van der Waals surface area (Å²) in [7, 11) is 0. The lowest BCUT2D eigenvalue weighted by Crippen LogP contribution is -2.34. The molecule has 0 saturated carbocycles. The average Bonchev–Trinajstić information content (AvgIpc) is 2.36. The Hall–Kier alpha value is -1.78. The van der Waals surface area contributed by atoms with Gasteiger partial charge in [-0.05, 0) is 26.3 Å². The van der Waals surface area contributed by atoms with Gasteiger partial charge in [0.1, 0.15) is 6.67 Å². The Labute approximate surface area is 109 Å². The lowest BCUT2D eigenvalue weighted by molar-refractivity contribution is -0.135. The summed E-state index contributed by atoms with van der Waals surface area (Å²) in [6, 6.07) is 0. The van der Waals surface area contributed by atoms with Crippen LogP contribution in [0.3, 0.4) is 0 Å². The second-order valence-electron chi connectivity index (χ2n) is 3.37. The molecular formula is C13H23N3O2. The van der Waals surface area contributed by atoms with Gasteiger partial charge in [-0.15, -0.1) is 0 Å². The third-order valence-electron chi connectivity index (χ3n) is 2.06. The SMILES string of the molecule is C=C/C=C(\CC)NCN=C(NCC)C(=O)OCC. The van der Waals surface area contributed by atoms with Crippen LogP contribution in [0.15, 0.2) is 29.4 Å². The van der Waals surface area contributed by atoms with Crippen LogP contribution in [-0.4, -0.2) is 31.6 Å². The summed E-state index contributed by atoms with van der Waals surface area (Å²) >= 11 is 0. The molecule has 0 radical (unpaired) electrons. The molecule has 0 saturated heterocycles. The predicted octanol–water partition coefficient (Wildman–Crippen LogP) is 1.58. The molecule has 0 aliphatic rings. The predicted molar refractivity (Wildman–Crippen MR) is 74.3 cm³/mol. The minimum atomic E-state index is -0.424. The number of carbonyl (C=O) groups is 1. The van der Waals surface area contributed by atoms with Crippen molar-refractivity contribution in [2.45, 2.75) is 27.2 Å². The summed E-state index contributed by atoms with van der Waals surface area (Å²) in [4.78, 5) is 15.7. The highest BCUT2D eigenvalue weighted by Crippen LogP contribution is 1.95.